The molecule has 0 unspecified atom stereocenters. The molecule has 0 bridgehead atoms. The Balaban J connectivity index is 1.49. The van der Waals surface area contributed by atoms with Gasteiger partial charge in [-0.3, -0.25) is 0 Å². The van der Waals surface area contributed by atoms with Gasteiger partial charge in [-0.05, 0) is 35.2 Å². The van der Waals surface area contributed by atoms with Crippen LogP contribution in [0.2, 0.25) is 5.02 Å². The van der Waals surface area contributed by atoms with Gasteiger partial charge in [0.2, 0.25) is 0 Å². The van der Waals surface area contributed by atoms with Crippen LogP contribution in [0.1, 0.15) is 23.1 Å². The topological polar surface area (TPSA) is 48.4 Å². The average molecular weight is 516 g/mol. The minimum Gasteiger partial charge on any atom is -0.513 e. The molecule has 0 aliphatic carbocycles. The molecule has 0 aliphatic heterocycles. The molecule has 4 nitrogen and oxygen atoms in total. The summed E-state index contributed by atoms with van der Waals surface area (Å²) < 4.78 is 0. The van der Waals surface area contributed by atoms with Crippen molar-refractivity contribution in [1.82, 2.24) is 10.3 Å². The SMILES string of the molecule is C=C(O)CCNC(=C)c1ccc(CN(CCc2ccccc2)c2nc(-c3cccc(Cl)c3)cs2)cc1. The second-order valence-electron chi connectivity index (χ2n) is 8.60. The number of nitrogens with one attached hydrogen (secondary N) is 1. The number of anilines is 1. The van der Waals surface area contributed by atoms with Gasteiger partial charge in [0.05, 0.1) is 11.5 Å². The van der Waals surface area contributed by atoms with Gasteiger partial charge in [0, 0.05) is 47.7 Å². The molecule has 184 valence electrons. The largest absolute Gasteiger partial charge is 0.513 e. The molecule has 0 amide bonds. The number of aliphatic hydroxyl groups excluding tert-OH is 1. The Kier molecular flexibility index (Phi) is 8.82. The third kappa shape index (κ3) is 7.23. The summed E-state index contributed by atoms with van der Waals surface area (Å²) in [4.78, 5) is 7.29. The highest BCUT2D eigenvalue weighted by molar-refractivity contribution is 7.14. The van der Waals surface area contributed by atoms with E-state index in [4.69, 9.17) is 16.6 Å². The Morgan fingerprint density at radius 3 is 2.47 bits per heavy atom. The molecule has 0 aliphatic rings. The first-order valence-electron chi connectivity index (χ1n) is 11.9. The minimum absolute atomic E-state index is 0.168. The lowest BCUT2D eigenvalue weighted by Crippen LogP contribution is -2.25. The molecule has 36 heavy (non-hydrogen) atoms. The summed E-state index contributed by atoms with van der Waals surface area (Å²) >= 11 is 7.86. The van der Waals surface area contributed by atoms with Crippen LogP contribution in [0.15, 0.2) is 103 Å². The predicted octanol–water partition coefficient (Wildman–Crippen LogP) is 7.73. The first kappa shape index (κ1) is 25.5. The lowest BCUT2D eigenvalue weighted by Gasteiger charge is -2.22. The highest BCUT2D eigenvalue weighted by Crippen LogP contribution is 2.30. The molecule has 0 radical (unpaired) electrons. The van der Waals surface area contributed by atoms with E-state index in [1.807, 2.05) is 30.3 Å². The van der Waals surface area contributed by atoms with Gasteiger partial charge in [0.25, 0.3) is 0 Å². The monoisotopic (exact) mass is 515 g/mol. The third-order valence-corrected chi connectivity index (χ3v) is 6.96. The van der Waals surface area contributed by atoms with Crippen molar-refractivity contribution in [2.24, 2.45) is 0 Å². The Morgan fingerprint density at radius 2 is 1.75 bits per heavy atom. The van der Waals surface area contributed by atoms with E-state index in [0.29, 0.717) is 18.0 Å². The van der Waals surface area contributed by atoms with Crippen LogP contribution in [0, 0.1) is 0 Å². The van der Waals surface area contributed by atoms with Crippen LogP contribution in [0.5, 0.6) is 0 Å². The lowest BCUT2D eigenvalue weighted by molar-refractivity contribution is 0.391. The number of aliphatic hydroxyl groups is 1. The molecule has 1 aromatic heterocycles. The number of hydrogen-bond donors (Lipinski definition) is 2. The maximum absolute atomic E-state index is 9.27. The van der Waals surface area contributed by atoms with Crippen LogP contribution in [-0.2, 0) is 13.0 Å². The smallest absolute Gasteiger partial charge is 0.186 e. The summed E-state index contributed by atoms with van der Waals surface area (Å²) in [6, 6.07) is 26.8. The molecule has 3 aromatic carbocycles. The standard InChI is InChI=1S/C30H30ClN3OS/c1-22(35)15-17-32-23(2)26-13-11-25(12-14-26)20-34(18-16-24-7-4-3-5-8-24)30-33-29(21-36-30)27-9-6-10-28(31)19-27/h3-14,19,21,32,35H,1-2,15-18,20H2. The Morgan fingerprint density at radius 1 is 0.972 bits per heavy atom. The predicted molar refractivity (Wildman–Crippen MR) is 154 cm³/mol. The first-order chi connectivity index (χ1) is 17.5. The number of aromatic nitrogens is 1. The number of benzene rings is 3. The van der Waals surface area contributed by atoms with Crippen LogP contribution >= 0.6 is 22.9 Å². The molecule has 0 saturated carbocycles. The molecule has 2 N–H and O–H groups in total. The maximum atomic E-state index is 9.27. The summed E-state index contributed by atoms with van der Waals surface area (Å²) in [7, 11) is 0. The normalized spacial score (nSPS) is 10.7. The van der Waals surface area contributed by atoms with Gasteiger partial charge < -0.3 is 15.3 Å². The summed E-state index contributed by atoms with van der Waals surface area (Å²) in [5.41, 5.74) is 6.31. The molecule has 0 atom stereocenters. The summed E-state index contributed by atoms with van der Waals surface area (Å²) in [5.74, 6) is 0.168. The van der Waals surface area contributed by atoms with E-state index in [2.05, 4.69) is 77.3 Å². The summed E-state index contributed by atoms with van der Waals surface area (Å²) in [5, 5.41) is 16.3. The number of halogens is 1. The number of nitrogens with zero attached hydrogens (tertiary/aromatic N) is 2. The first-order valence-corrected chi connectivity index (χ1v) is 13.1. The van der Waals surface area contributed by atoms with Crippen molar-refractivity contribution >= 4 is 33.8 Å². The van der Waals surface area contributed by atoms with Gasteiger partial charge in [0.15, 0.2) is 5.13 Å². The third-order valence-electron chi connectivity index (χ3n) is 5.82. The fourth-order valence-corrected chi connectivity index (χ4v) is 4.88. The zero-order chi connectivity index (χ0) is 25.3. The van der Waals surface area contributed by atoms with E-state index in [-0.39, 0.29) is 5.76 Å². The van der Waals surface area contributed by atoms with Crippen LogP contribution in [-0.4, -0.2) is 23.2 Å². The Hall–Kier alpha value is -3.54. The van der Waals surface area contributed by atoms with Crippen LogP contribution in [0.25, 0.3) is 17.0 Å². The zero-order valence-corrected chi connectivity index (χ0v) is 21.7. The van der Waals surface area contributed by atoms with Crippen molar-refractivity contribution in [3.05, 3.63) is 125 Å². The van der Waals surface area contributed by atoms with E-state index < -0.39 is 0 Å². The fraction of sp³-hybridized carbons (Fsp3) is 0.167. The number of rotatable bonds is 12. The maximum Gasteiger partial charge on any atom is 0.186 e. The van der Waals surface area contributed by atoms with Crippen molar-refractivity contribution in [2.75, 3.05) is 18.0 Å². The molecular formula is C30H30ClN3OS. The van der Waals surface area contributed by atoms with E-state index in [9.17, 15) is 5.11 Å². The van der Waals surface area contributed by atoms with Gasteiger partial charge in [-0.15, -0.1) is 11.3 Å². The van der Waals surface area contributed by atoms with E-state index >= 15 is 0 Å². The van der Waals surface area contributed by atoms with E-state index in [1.54, 1.807) is 11.3 Å². The van der Waals surface area contributed by atoms with Gasteiger partial charge in [-0.1, -0.05) is 91.5 Å². The summed E-state index contributed by atoms with van der Waals surface area (Å²) in [6.07, 6.45) is 1.43. The molecule has 0 spiro atoms. The van der Waals surface area contributed by atoms with Gasteiger partial charge in [0.1, 0.15) is 0 Å². The van der Waals surface area contributed by atoms with Gasteiger partial charge >= 0.3 is 0 Å². The average Bonchev–Trinajstić information content (AvgIpc) is 3.38. The number of hydrogen-bond acceptors (Lipinski definition) is 5. The van der Waals surface area contributed by atoms with Crippen LogP contribution < -0.4 is 10.2 Å². The van der Waals surface area contributed by atoms with Crippen molar-refractivity contribution < 1.29 is 5.11 Å². The quantitative estimate of drug-likeness (QED) is 0.189. The van der Waals surface area contributed by atoms with Crippen LogP contribution in [0.3, 0.4) is 0 Å². The molecule has 0 fully saturated rings. The second kappa shape index (κ2) is 12.4. The van der Waals surface area contributed by atoms with E-state index in [0.717, 1.165) is 47.2 Å². The van der Waals surface area contributed by atoms with Crippen molar-refractivity contribution in [3.63, 3.8) is 0 Å². The Bertz CT molecular complexity index is 1300. The molecule has 0 saturated heterocycles. The van der Waals surface area contributed by atoms with Crippen molar-refractivity contribution in [1.29, 1.82) is 0 Å². The van der Waals surface area contributed by atoms with Gasteiger partial charge in [-0.2, -0.15) is 0 Å². The molecule has 4 aromatic rings. The van der Waals surface area contributed by atoms with Crippen molar-refractivity contribution in [2.45, 2.75) is 19.4 Å². The fourth-order valence-electron chi connectivity index (χ4n) is 3.83. The van der Waals surface area contributed by atoms with Crippen molar-refractivity contribution in [3.8, 4) is 11.3 Å². The van der Waals surface area contributed by atoms with Crippen LogP contribution in [0.4, 0.5) is 5.13 Å². The lowest BCUT2D eigenvalue weighted by atomic mass is 10.1. The zero-order valence-electron chi connectivity index (χ0n) is 20.2. The second-order valence-corrected chi connectivity index (χ2v) is 9.87. The highest BCUT2D eigenvalue weighted by atomic mass is 35.5. The van der Waals surface area contributed by atoms with Gasteiger partial charge in [-0.25, -0.2) is 4.98 Å². The number of thiazole rings is 1. The molecule has 1 heterocycles. The molecule has 6 heteroatoms. The molecule has 4 rings (SSSR count). The Labute approximate surface area is 222 Å². The van der Waals surface area contributed by atoms with E-state index in [1.165, 1.54) is 11.1 Å². The highest BCUT2D eigenvalue weighted by Gasteiger charge is 2.14. The molecular weight excluding hydrogens is 486 g/mol. The summed E-state index contributed by atoms with van der Waals surface area (Å²) in [6.45, 7) is 9.83. The minimum atomic E-state index is 0.168.